The van der Waals surface area contributed by atoms with E-state index in [2.05, 4.69) is 10.1 Å². The predicted molar refractivity (Wildman–Crippen MR) is 92.1 cm³/mol. The number of amides is 1. The molecule has 1 aliphatic rings. The van der Waals surface area contributed by atoms with Crippen LogP contribution < -0.4 is 10.1 Å². The molecule has 25 heavy (non-hydrogen) atoms. The molecule has 1 aromatic rings. The first-order valence-electron chi connectivity index (χ1n) is 7.78. The normalized spacial score (nSPS) is 16.3. The highest BCUT2D eigenvalue weighted by molar-refractivity contribution is 7.88. The molecule has 1 fully saturated rings. The number of hydrogen-bond donors (Lipinski definition) is 1. The molecule has 0 saturated carbocycles. The summed E-state index contributed by atoms with van der Waals surface area (Å²) in [5.41, 5.74) is 0.673. The summed E-state index contributed by atoms with van der Waals surface area (Å²) < 4.78 is 34.3. The van der Waals surface area contributed by atoms with Crippen molar-refractivity contribution in [2.24, 2.45) is 5.92 Å². The molecule has 0 bridgehead atoms. The molecule has 9 heteroatoms. The van der Waals surface area contributed by atoms with Gasteiger partial charge in [0.2, 0.25) is 15.9 Å². The molecule has 1 saturated heterocycles. The largest absolute Gasteiger partial charge is 0.495 e. The van der Waals surface area contributed by atoms with Crippen LogP contribution in [0.25, 0.3) is 0 Å². The fourth-order valence-corrected chi connectivity index (χ4v) is 3.61. The van der Waals surface area contributed by atoms with Crippen molar-refractivity contribution >= 4 is 27.6 Å². The minimum atomic E-state index is -3.23. The van der Waals surface area contributed by atoms with E-state index in [-0.39, 0.29) is 11.8 Å². The van der Waals surface area contributed by atoms with Gasteiger partial charge in [0.05, 0.1) is 31.7 Å². The van der Waals surface area contributed by atoms with Crippen molar-refractivity contribution in [3.8, 4) is 5.75 Å². The van der Waals surface area contributed by atoms with Crippen molar-refractivity contribution in [2.75, 3.05) is 38.9 Å². The number of esters is 1. The monoisotopic (exact) mass is 370 g/mol. The van der Waals surface area contributed by atoms with Crippen LogP contribution in [-0.2, 0) is 19.6 Å². The van der Waals surface area contributed by atoms with Crippen LogP contribution in [0.4, 0.5) is 5.69 Å². The first kappa shape index (κ1) is 19.2. The lowest BCUT2D eigenvalue weighted by Crippen LogP contribution is -2.40. The number of ether oxygens (including phenoxy) is 2. The number of rotatable bonds is 5. The maximum absolute atomic E-state index is 12.5. The molecule has 0 aliphatic carbocycles. The number of benzene rings is 1. The molecule has 8 nitrogen and oxygen atoms in total. The summed E-state index contributed by atoms with van der Waals surface area (Å²) in [6.07, 6.45) is 2.05. The summed E-state index contributed by atoms with van der Waals surface area (Å²) in [7, 11) is -0.489. The van der Waals surface area contributed by atoms with Crippen LogP contribution in [0.5, 0.6) is 5.75 Å². The Morgan fingerprint density at radius 1 is 1.20 bits per heavy atom. The van der Waals surface area contributed by atoms with Crippen molar-refractivity contribution < 1.29 is 27.5 Å². The molecular weight excluding hydrogens is 348 g/mol. The second kappa shape index (κ2) is 7.83. The van der Waals surface area contributed by atoms with Gasteiger partial charge in [-0.2, -0.15) is 0 Å². The van der Waals surface area contributed by atoms with E-state index >= 15 is 0 Å². The number of nitrogens with one attached hydrogen (secondary N) is 1. The Labute approximate surface area is 147 Å². The molecule has 138 valence electrons. The van der Waals surface area contributed by atoms with Gasteiger partial charge in [-0.15, -0.1) is 0 Å². The van der Waals surface area contributed by atoms with Crippen LogP contribution in [0.15, 0.2) is 18.2 Å². The molecule has 0 atom stereocenters. The maximum atomic E-state index is 12.5. The summed E-state index contributed by atoms with van der Waals surface area (Å²) in [5.74, 6) is -0.618. The van der Waals surface area contributed by atoms with E-state index in [4.69, 9.17) is 4.74 Å². The minimum absolute atomic E-state index is 0.228. The summed E-state index contributed by atoms with van der Waals surface area (Å²) in [6, 6.07) is 4.62. The smallest absolute Gasteiger partial charge is 0.337 e. The van der Waals surface area contributed by atoms with Gasteiger partial charge in [0.25, 0.3) is 0 Å². The number of piperidine rings is 1. The van der Waals surface area contributed by atoms with Gasteiger partial charge in [0.15, 0.2) is 0 Å². The maximum Gasteiger partial charge on any atom is 0.337 e. The third-order valence-corrected chi connectivity index (χ3v) is 5.48. The quantitative estimate of drug-likeness (QED) is 0.779. The van der Waals surface area contributed by atoms with Crippen molar-refractivity contribution in [1.82, 2.24) is 4.31 Å². The summed E-state index contributed by atoms with van der Waals surface area (Å²) in [4.78, 5) is 24.1. The molecule has 0 unspecified atom stereocenters. The minimum Gasteiger partial charge on any atom is -0.495 e. The molecule has 1 aliphatic heterocycles. The topological polar surface area (TPSA) is 102 Å². The van der Waals surface area contributed by atoms with E-state index in [0.717, 1.165) is 6.26 Å². The van der Waals surface area contributed by atoms with Crippen LogP contribution in [0, 0.1) is 5.92 Å². The van der Waals surface area contributed by atoms with Crippen LogP contribution in [0.2, 0.25) is 0 Å². The Bertz CT molecular complexity index is 754. The van der Waals surface area contributed by atoms with Gasteiger partial charge < -0.3 is 14.8 Å². The lowest BCUT2D eigenvalue weighted by atomic mass is 9.97. The van der Waals surface area contributed by atoms with E-state index in [1.165, 1.54) is 24.6 Å². The molecule has 1 amide bonds. The van der Waals surface area contributed by atoms with Gasteiger partial charge >= 0.3 is 5.97 Å². The standard InChI is InChI=1S/C16H22N2O6S/c1-23-14-5-4-12(16(20)24-2)10-13(14)17-15(19)11-6-8-18(9-7-11)25(3,21)22/h4-5,10-11H,6-9H2,1-3H3,(H,17,19). The number of anilines is 1. The zero-order chi connectivity index (χ0) is 18.6. The number of carbonyl (C=O) groups excluding carboxylic acids is 2. The molecule has 2 rings (SSSR count). The highest BCUT2D eigenvalue weighted by Gasteiger charge is 2.29. The molecule has 0 radical (unpaired) electrons. The van der Waals surface area contributed by atoms with Gasteiger partial charge in [0, 0.05) is 19.0 Å². The fraction of sp³-hybridized carbons (Fsp3) is 0.500. The molecule has 1 N–H and O–H groups in total. The molecular formula is C16H22N2O6S. The second-order valence-electron chi connectivity index (χ2n) is 5.83. The number of hydrogen-bond acceptors (Lipinski definition) is 6. The highest BCUT2D eigenvalue weighted by atomic mass is 32.2. The van der Waals surface area contributed by atoms with Crippen molar-refractivity contribution in [1.29, 1.82) is 0 Å². The zero-order valence-electron chi connectivity index (χ0n) is 14.4. The van der Waals surface area contributed by atoms with Crippen molar-refractivity contribution in [3.05, 3.63) is 23.8 Å². The zero-order valence-corrected chi connectivity index (χ0v) is 15.3. The average Bonchev–Trinajstić information content (AvgIpc) is 2.60. The van der Waals surface area contributed by atoms with Gasteiger partial charge in [-0.05, 0) is 31.0 Å². The summed E-state index contributed by atoms with van der Waals surface area (Å²) in [5, 5.41) is 2.76. The first-order chi connectivity index (χ1) is 11.8. The number of methoxy groups -OCH3 is 2. The van der Waals surface area contributed by atoms with E-state index < -0.39 is 16.0 Å². The third-order valence-electron chi connectivity index (χ3n) is 4.17. The van der Waals surface area contributed by atoms with Gasteiger partial charge in [0.1, 0.15) is 5.75 Å². The third kappa shape index (κ3) is 4.70. The molecule has 1 heterocycles. The fourth-order valence-electron chi connectivity index (χ4n) is 2.73. The Hall–Kier alpha value is -2.13. The number of nitrogens with zero attached hydrogens (tertiary/aromatic N) is 1. The molecule has 0 aromatic heterocycles. The molecule has 0 spiro atoms. The lowest BCUT2D eigenvalue weighted by Gasteiger charge is -2.29. The van der Waals surface area contributed by atoms with Crippen molar-refractivity contribution in [2.45, 2.75) is 12.8 Å². The Morgan fingerprint density at radius 2 is 1.84 bits per heavy atom. The van der Waals surface area contributed by atoms with E-state index in [1.807, 2.05) is 0 Å². The van der Waals surface area contributed by atoms with Gasteiger partial charge in [-0.1, -0.05) is 0 Å². The van der Waals surface area contributed by atoms with Crippen LogP contribution >= 0.6 is 0 Å². The highest BCUT2D eigenvalue weighted by Crippen LogP contribution is 2.28. The van der Waals surface area contributed by atoms with Gasteiger partial charge in [-0.3, -0.25) is 4.79 Å². The average molecular weight is 370 g/mol. The Balaban J connectivity index is 2.09. The van der Waals surface area contributed by atoms with Crippen molar-refractivity contribution in [3.63, 3.8) is 0 Å². The van der Waals surface area contributed by atoms with E-state index in [1.54, 1.807) is 12.1 Å². The Morgan fingerprint density at radius 3 is 2.36 bits per heavy atom. The van der Waals surface area contributed by atoms with Crippen LogP contribution in [-0.4, -0.2) is 58.2 Å². The van der Waals surface area contributed by atoms with Gasteiger partial charge in [-0.25, -0.2) is 17.5 Å². The first-order valence-corrected chi connectivity index (χ1v) is 9.63. The van der Waals surface area contributed by atoms with Crippen LogP contribution in [0.1, 0.15) is 23.2 Å². The second-order valence-corrected chi connectivity index (χ2v) is 7.81. The SMILES string of the molecule is COC(=O)c1ccc(OC)c(NC(=O)C2CCN(S(C)(=O)=O)CC2)c1. The number of sulfonamides is 1. The lowest BCUT2D eigenvalue weighted by molar-refractivity contribution is -0.120. The number of carbonyl (C=O) groups is 2. The molecule has 1 aromatic carbocycles. The van der Waals surface area contributed by atoms with Crippen LogP contribution in [0.3, 0.4) is 0 Å². The van der Waals surface area contributed by atoms with E-state index in [0.29, 0.717) is 42.9 Å². The van der Waals surface area contributed by atoms with E-state index in [9.17, 15) is 18.0 Å². The predicted octanol–water partition coefficient (Wildman–Crippen LogP) is 1.09. The summed E-state index contributed by atoms with van der Waals surface area (Å²) >= 11 is 0. The summed E-state index contributed by atoms with van der Waals surface area (Å²) in [6.45, 7) is 0.631. The Kier molecular flexibility index (Phi) is 6.02.